The van der Waals surface area contributed by atoms with Gasteiger partial charge in [0.2, 0.25) is 5.91 Å². The van der Waals surface area contributed by atoms with Crippen molar-refractivity contribution in [3.8, 4) is 0 Å². The minimum absolute atomic E-state index is 0.00238. The minimum Gasteiger partial charge on any atom is -0.356 e. The fourth-order valence-electron chi connectivity index (χ4n) is 3.54. The lowest BCUT2D eigenvalue weighted by Gasteiger charge is -2.33. The van der Waals surface area contributed by atoms with E-state index in [-0.39, 0.29) is 5.91 Å². The van der Waals surface area contributed by atoms with Gasteiger partial charge in [0.15, 0.2) is 5.82 Å². The summed E-state index contributed by atoms with van der Waals surface area (Å²) in [4.78, 5) is 23.3. The molecule has 0 bridgehead atoms. The molecule has 0 saturated heterocycles. The Balaban J connectivity index is 1.55. The second-order valence-electron chi connectivity index (χ2n) is 7.00. The SMILES string of the molecule is Cc1nc(CCC(=O)NCc2cccnc2N(C)C2CCCCC2)n[nH]1. The van der Waals surface area contributed by atoms with Crippen molar-refractivity contribution in [2.75, 3.05) is 11.9 Å². The van der Waals surface area contributed by atoms with Crippen molar-refractivity contribution >= 4 is 11.7 Å². The fraction of sp³-hybridized carbons (Fsp3) is 0.579. The van der Waals surface area contributed by atoms with Gasteiger partial charge in [-0.1, -0.05) is 25.3 Å². The van der Waals surface area contributed by atoms with Gasteiger partial charge in [-0.2, -0.15) is 5.10 Å². The summed E-state index contributed by atoms with van der Waals surface area (Å²) < 4.78 is 0. The smallest absolute Gasteiger partial charge is 0.220 e. The molecule has 0 spiro atoms. The van der Waals surface area contributed by atoms with Crippen molar-refractivity contribution in [2.45, 2.75) is 64.5 Å². The molecule has 0 aliphatic heterocycles. The molecule has 7 heteroatoms. The molecule has 7 nitrogen and oxygen atoms in total. The summed E-state index contributed by atoms with van der Waals surface area (Å²) >= 11 is 0. The number of anilines is 1. The van der Waals surface area contributed by atoms with Gasteiger partial charge in [0.1, 0.15) is 11.6 Å². The van der Waals surface area contributed by atoms with E-state index in [2.05, 4.69) is 37.4 Å². The lowest BCUT2D eigenvalue weighted by molar-refractivity contribution is -0.121. The number of aromatic nitrogens is 4. The second kappa shape index (κ2) is 8.78. The zero-order valence-corrected chi connectivity index (χ0v) is 15.7. The molecular formula is C19H28N6O. The van der Waals surface area contributed by atoms with Crippen LogP contribution in [-0.4, -0.2) is 39.2 Å². The van der Waals surface area contributed by atoms with E-state index in [0.29, 0.717) is 31.3 Å². The Hall–Kier alpha value is -2.44. The number of aromatic amines is 1. The van der Waals surface area contributed by atoms with E-state index in [1.54, 1.807) is 0 Å². The first-order chi connectivity index (χ1) is 12.6. The molecule has 1 saturated carbocycles. The summed E-state index contributed by atoms with van der Waals surface area (Å²) in [5.74, 6) is 2.43. The number of aryl methyl sites for hydroxylation is 2. The number of rotatable bonds is 7. The maximum absolute atomic E-state index is 12.2. The number of carbonyl (C=O) groups excluding carboxylic acids is 1. The van der Waals surface area contributed by atoms with Crippen molar-refractivity contribution in [1.29, 1.82) is 0 Å². The van der Waals surface area contributed by atoms with Crippen LogP contribution in [0.25, 0.3) is 0 Å². The highest BCUT2D eigenvalue weighted by atomic mass is 16.1. The minimum atomic E-state index is 0.00238. The second-order valence-corrected chi connectivity index (χ2v) is 7.00. The predicted octanol–water partition coefficient (Wildman–Crippen LogP) is 2.53. The Morgan fingerprint density at radius 3 is 2.88 bits per heavy atom. The quantitative estimate of drug-likeness (QED) is 0.796. The number of nitrogens with one attached hydrogen (secondary N) is 2. The topological polar surface area (TPSA) is 86.8 Å². The molecule has 2 N–H and O–H groups in total. The summed E-state index contributed by atoms with van der Waals surface area (Å²) in [6.07, 6.45) is 9.09. The average molecular weight is 356 g/mol. The van der Waals surface area contributed by atoms with Crippen LogP contribution in [0.1, 0.15) is 55.7 Å². The number of H-pyrrole nitrogens is 1. The van der Waals surface area contributed by atoms with Gasteiger partial charge >= 0.3 is 0 Å². The van der Waals surface area contributed by atoms with Crippen LogP contribution in [0.2, 0.25) is 0 Å². The number of nitrogens with zero attached hydrogens (tertiary/aromatic N) is 4. The maximum atomic E-state index is 12.2. The standard InChI is InChI=1S/C19H28N6O/c1-14-22-17(24-23-14)10-11-18(26)21-13-15-7-6-12-20-19(15)25(2)16-8-4-3-5-9-16/h6-7,12,16H,3-5,8-11,13H2,1-2H3,(H,21,26)(H,22,23,24). The molecule has 1 aliphatic carbocycles. The molecule has 26 heavy (non-hydrogen) atoms. The van der Waals surface area contributed by atoms with E-state index in [1.165, 1.54) is 32.1 Å². The zero-order chi connectivity index (χ0) is 18.4. The molecule has 2 aromatic rings. The van der Waals surface area contributed by atoms with Crippen molar-refractivity contribution in [1.82, 2.24) is 25.5 Å². The summed E-state index contributed by atoms with van der Waals surface area (Å²) in [6, 6.07) is 4.51. The van der Waals surface area contributed by atoms with Crippen LogP contribution in [0.4, 0.5) is 5.82 Å². The van der Waals surface area contributed by atoms with Crippen LogP contribution in [0, 0.1) is 6.92 Å². The normalized spacial score (nSPS) is 15.0. The van der Waals surface area contributed by atoms with E-state index in [9.17, 15) is 4.79 Å². The van der Waals surface area contributed by atoms with Gasteiger partial charge in [-0.3, -0.25) is 9.89 Å². The van der Waals surface area contributed by atoms with Gasteiger partial charge in [0, 0.05) is 44.2 Å². The third kappa shape index (κ3) is 4.80. The largest absolute Gasteiger partial charge is 0.356 e. The number of hydrogen-bond donors (Lipinski definition) is 2. The summed E-state index contributed by atoms with van der Waals surface area (Å²) in [7, 11) is 2.12. The molecule has 1 aliphatic rings. The van der Waals surface area contributed by atoms with Gasteiger partial charge in [-0.15, -0.1) is 0 Å². The Bertz CT molecular complexity index is 722. The predicted molar refractivity (Wildman–Crippen MR) is 101 cm³/mol. The highest BCUT2D eigenvalue weighted by molar-refractivity contribution is 5.76. The van der Waals surface area contributed by atoms with E-state index in [1.807, 2.05) is 25.3 Å². The lowest BCUT2D eigenvalue weighted by Crippen LogP contribution is -2.35. The Labute approximate surface area is 154 Å². The molecule has 0 radical (unpaired) electrons. The van der Waals surface area contributed by atoms with Crippen LogP contribution >= 0.6 is 0 Å². The average Bonchev–Trinajstić information content (AvgIpc) is 3.10. The van der Waals surface area contributed by atoms with Crippen molar-refractivity contribution in [2.24, 2.45) is 0 Å². The molecule has 1 fully saturated rings. The highest BCUT2D eigenvalue weighted by Crippen LogP contribution is 2.26. The Morgan fingerprint density at radius 1 is 1.35 bits per heavy atom. The number of hydrogen-bond acceptors (Lipinski definition) is 5. The van der Waals surface area contributed by atoms with Crippen LogP contribution in [0.5, 0.6) is 0 Å². The van der Waals surface area contributed by atoms with E-state index in [4.69, 9.17) is 0 Å². The van der Waals surface area contributed by atoms with Crippen LogP contribution in [0.3, 0.4) is 0 Å². The van der Waals surface area contributed by atoms with E-state index >= 15 is 0 Å². The van der Waals surface area contributed by atoms with Gasteiger partial charge in [-0.05, 0) is 25.8 Å². The summed E-state index contributed by atoms with van der Waals surface area (Å²) in [5, 5.41) is 9.86. The first kappa shape index (κ1) is 18.4. The summed E-state index contributed by atoms with van der Waals surface area (Å²) in [5.41, 5.74) is 1.06. The van der Waals surface area contributed by atoms with Gasteiger partial charge in [0.05, 0.1) is 0 Å². The molecule has 3 rings (SSSR count). The van der Waals surface area contributed by atoms with Gasteiger partial charge in [-0.25, -0.2) is 9.97 Å². The molecule has 2 aromatic heterocycles. The Kier molecular flexibility index (Phi) is 6.20. The monoisotopic (exact) mass is 356 g/mol. The van der Waals surface area contributed by atoms with Gasteiger partial charge < -0.3 is 10.2 Å². The van der Waals surface area contributed by atoms with Crippen molar-refractivity contribution < 1.29 is 4.79 Å². The lowest BCUT2D eigenvalue weighted by atomic mass is 9.94. The van der Waals surface area contributed by atoms with Gasteiger partial charge in [0.25, 0.3) is 0 Å². The number of carbonyl (C=O) groups is 1. The first-order valence-electron chi connectivity index (χ1n) is 9.45. The Morgan fingerprint density at radius 2 is 2.15 bits per heavy atom. The fourth-order valence-corrected chi connectivity index (χ4v) is 3.54. The number of pyridine rings is 1. The molecule has 0 atom stereocenters. The van der Waals surface area contributed by atoms with Crippen LogP contribution in [-0.2, 0) is 17.8 Å². The molecule has 2 heterocycles. The van der Waals surface area contributed by atoms with E-state index < -0.39 is 0 Å². The third-order valence-electron chi connectivity index (χ3n) is 5.02. The molecule has 0 aromatic carbocycles. The highest BCUT2D eigenvalue weighted by Gasteiger charge is 2.21. The van der Waals surface area contributed by atoms with E-state index in [0.717, 1.165) is 17.2 Å². The summed E-state index contributed by atoms with van der Waals surface area (Å²) in [6.45, 7) is 2.34. The van der Waals surface area contributed by atoms with Crippen LogP contribution < -0.4 is 10.2 Å². The maximum Gasteiger partial charge on any atom is 0.220 e. The first-order valence-corrected chi connectivity index (χ1v) is 9.45. The molecule has 0 unspecified atom stereocenters. The molecule has 140 valence electrons. The van der Waals surface area contributed by atoms with Crippen molar-refractivity contribution in [3.05, 3.63) is 35.5 Å². The number of amides is 1. The molecule has 1 amide bonds. The third-order valence-corrected chi connectivity index (χ3v) is 5.02. The zero-order valence-electron chi connectivity index (χ0n) is 15.7. The van der Waals surface area contributed by atoms with Crippen LogP contribution in [0.15, 0.2) is 18.3 Å². The van der Waals surface area contributed by atoms with Crippen molar-refractivity contribution in [3.63, 3.8) is 0 Å². The molecular weight excluding hydrogens is 328 g/mol.